The van der Waals surface area contributed by atoms with E-state index in [1.807, 2.05) is 0 Å². The molecule has 0 bridgehead atoms. The van der Waals surface area contributed by atoms with Gasteiger partial charge < -0.3 is 10.6 Å². The average Bonchev–Trinajstić information content (AvgIpc) is 3.23. The minimum Gasteiger partial charge on any atom is -0.348 e. The average molecular weight is 425 g/mol. The number of carbonyl (C=O) groups excluding carboxylic acids is 2. The molecule has 0 aliphatic heterocycles. The fraction of sp³-hybridized carbons (Fsp3) is 0.273. The molecule has 2 amide bonds. The highest BCUT2D eigenvalue weighted by Crippen LogP contribution is 2.26. The van der Waals surface area contributed by atoms with Gasteiger partial charge in [-0.15, -0.1) is 5.10 Å². The summed E-state index contributed by atoms with van der Waals surface area (Å²) < 4.78 is 28.2. The van der Waals surface area contributed by atoms with E-state index in [9.17, 15) is 18.4 Å². The van der Waals surface area contributed by atoms with Crippen molar-refractivity contribution in [1.29, 1.82) is 0 Å². The predicted molar refractivity (Wildman–Crippen MR) is 110 cm³/mol. The Labute approximate surface area is 177 Å². The molecule has 2 heterocycles. The number of para-hydroxylation sites is 1. The summed E-state index contributed by atoms with van der Waals surface area (Å²) in [4.78, 5) is 28.6. The van der Waals surface area contributed by atoms with Crippen LogP contribution in [0.15, 0.2) is 54.9 Å². The summed E-state index contributed by atoms with van der Waals surface area (Å²) in [6.45, 7) is 0. The zero-order valence-corrected chi connectivity index (χ0v) is 16.6. The number of benzene rings is 1. The number of rotatable bonds is 5. The molecule has 2 N–H and O–H groups in total. The molecule has 1 fully saturated rings. The molecule has 1 saturated carbocycles. The molecule has 0 unspecified atom stereocenters. The van der Waals surface area contributed by atoms with Gasteiger partial charge in [0.25, 0.3) is 5.91 Å². The Morgan fingerprint density at radius 2 is 1.77 bits per heavy atom. The lowest BCUT2D eigenvalue weighted by atomic mass is 9.85. The van der Waals surface area contributed by atoms with E-state index in [1.165, 1.54) is 22.9 Å². The Hall–Kier alpha value is -3.62. The van der Waals surface area contributed by atoms with Crippen LogP contribution < -0.4 is 10.6 Å². The molecule has 2 aromatic heterocycles. The predicted octanol–water partition coefficient (Wildman–Crippen LogP) is 3.47. The van der Waals surface area contributed by atoms with Gasteiger partial charge in [-0.3, -0.25) is 9.59 Å². The first kappa shape index (κ1) is 20.6. The fourth-order valence-corrected chi connectivity index (χ4v) is 3.66. The molecule has 1 aromatic carbocycles. The molecule has 1 aliphatic rings. The first-order valence-corrected chi connectivity index (χ1v) is 10.0. The van der Waals surface area contributed by atoms with E-state index in [4.69, 9.17) is 0 Å². The lowest BCUT2D eigenvalue weighted by Gasteiger charge is -2.28. The van der Waals surface area contributed by atoms with E-state index in [1.54, 1.807) is 30.5 Å². The summed E-state index contributed by atoms with van der Waals surface area (Å²) in [7, 11) is 0. The Kier molecular flexibility index (Phi) is 6.01. The standard InChI is InChI=1S/C22H21F2N5O2/c23-15-7-10-18(25-13-15)22(31)26-16-8-5-14(6-9-16)21(30)27-20-11-12-29(28-20)19-4-2-1-3-17(19)24/h1-4,7,10-14,16H,5-6,8-9H2,(H,26,31)(H,27,28,30)/t14-,16+. The van der Waals surface area contributed by atoms with Gasteiger partial charge in [0.15, 0.2) is 5.82 Å². The normalized spacial score (nSPS) is 18.4. The Bertz CT molecular complexity index is 1080. The maximum atomic E-state index is 13.9. The number of aromatic nitrogens is 3. The highest BCUT2D eigenvalue weighted by molar-refractivity contribution is 5.93. The molecule has 3 aromatic rings. The molecule has 160 valence electrons. The molecule has 0 atom stereocenters. The van der Waals surface area contributed by atoms with Crippen molar-refractivity contribution >= 4 is 17.6 Å². The van der Waals surface area contributed by atoms with Gasteiger partial charge in [-0.1, -0.05) is 12.1 Å². The zero-order chi connectivity index (χ0) is 21.8. The number of nitrogens with one attached hydrogen (secondary N) is 2. The third kappa shape index (κ3) is 4.93. The maximum Gasteiger partial charge on any atom is 0.270 e. The number of amides is 2. The van der Waals surface area contributed by atoms with E-state index in [-0.39, 0.29) is 29.5 Å². The Morgan fingerprint density at radius 3 is 2.48 bits per heavy atom. The second kappa shape index (κ2) is 9.03. The quantitative estimate of drug-likeness (QED) is 0.655. The van der Waals surface area contributed by atoms with Crippen molar-refractivity contribution < 1.29 is 18.4 Å². The van der Waals surface area contributed by atoms with E-state index in [2.05, 4.69) is 20.7 Å². The molecule has 1 aliphatic carbocycles. The lowest BCUT2D eigenvalue weighted by molar-refractivity contribution is -0.120. The number of carbonyl (C=O) groups is 2. The second-order valence-electron chi connectivity index (χ2n) is 7.47. The summed E-state index contributed by atoms with van der Waals surface area (Å²) >= 11 is 0. The third-order valence-corrected chi connectivity index (χ3v) is 5.33. The molecule has 31 heavy (non-hydrogen) atoms. The molecule has 0 radical (unpaired) electrons. The molecule has 4 rings (SSSR count). The SMILES string of the molecule is O=C(N[C@H]1CC[C@@H](C(=O)Nc2ccn(-c3ccccc3F)n2)CC1)c1ccc(F)cn1. The zero-order valence-electron chi connectivity index (χ0n) is 16.6. The van der Waals surface area contributed by atoms with E-state index in [0.717, 1.165) is 6.20 Å². The van der Waals surface area contributed by atoms with Crippen LogP contribution in [0.25, 0.3) is 5.69 Å². The van der Waals surface area contributed by atoms with Crippen molar-refractivity contribution in [3.63, 3.8) is 0 Å². The highest BCUT2D eigenvalue weighted by atomic mass is 19.1. The van der Waals surface area contributed by atoms with E-state index < -0.39 is 11.6 Å². The van der Waals surface area contributed by atoms with Crippen molar-refractivity contribution in [1.82, 2.24) is 20.1 Å². The summed E-state index contributed by atoms with van der Waals surface area (Å²) in [5.74, 6) is -1.25. The van der Waals surface area contributed by atoms with Crippen LogP contribution >= 0.6 is 0 Å². The number of anilines is 1. The van der Waals surface area contributed by atoms with Crippen LogP contribution in [0.4, 0.5) is 14.6 Å². The maximum absolute atomic E-state index is 13.9. The summed E-state index contributed by atoms with van der Waals surface area (Å²) in [6, 6.07) is 10.3. The van der Waals surface area contributed by atoms with Gasteiger partial charge in [-0.25, -0.2) is 18.4 Å². The lowest BCUT2D eigenvalue weighted by Crippen LogP contribution is -2.39. The van der Waals surface area contributed by atoms with Crippen molar-refractivity contribution in [2.45, 2.75) is 31.7 Å². The van der Waals surface area contributed by atoms with Crippen LogP contribution in [-0.2, 0) is 4.79 Å². The van der Waals surface area contributed by atoms with Crippen molar-refractivity contribution in [3.05, 3.63) is 72.2 Å². The summed E-state index contributed by atoms with van der Waals surface area (Å²) in [6.07, 6.45) is 5.11. The fourth-order valence-electron chi connectivity index (χ4n) is 3.66. The summed E-state index contributed by atoms with van der Waals surface area (Å²) in [5.41, 5.74) is 0.460. The first-order valence-electron chi connectivity index (χ1n) is 10.0. The number of hydrogen-bond donors (Lipinski definition) is 2. The Morgan fingerprint density at radius 1 is 1.00 bits per heavy atom. The van der Waals surface area contributed by atoms with Crippen molar-refractivity contribution in [2.24, 2.45) is 5.92 Å². The van der Waals surface area contributed by atoms with E-state index >= 15 is 0 Å². The second-order valence-corrected chi connectivity index (χ2v) is 7.47. The van der Waals surface area contributed by atoms with Gasteiger partial charge in [-0.05, 0) is 49.9 Å². The van der Waals surface area contributed by atoms with E-state index in [0.29, 0.717) is 37.2 Å². The molecular formula is C22H21F2N5O2. The van der Waals surface area contributed by atoms with Gasteiger partial charge in [0.05, 0.1) is 6.20 Å². The minimum absolute atomic E-state index is 0.0660. The highest BCUT2D eigenvalue weighted by Gasteiger charge is 2.28. The van der Waals surface area contributed by atoms with Crippen molar-refractivity contribution in [2.75, 3.05) is 5.32 Å². The molecular weight excluding hydrogens is 404 g/mol. The minimum atomic E-state index is -0.498. The van der Waals surface area contributed by atoms with Gasteiger partial charge in [0.2, 0.25) is 5.91 Å². The monoisotopic (exact) mass is 425 g/mol. The van der Waals surface area contributed by atoms with Gasteiger partial charge >= 0.3 is 0 Å². The van der Waals surface area contributed by atoms with Gasteiger partial charge in [-0.2, -0.15) is 0 Å². The van der Waals surface area contributed by atoms with Gasteiger partial charge in [0.1, 0.15) is 23.0 Å². The molecule has 9 heteroatoms. The van der Waals surface area contributed by atoms with Crippen LogP contribution in [0.3, 0.4) is 0 Å². The van der Waals surface area contributed by atoms with Gasteiger partial charge in [0, 0.05) is 24.2 Å². The topological polar surface area (TPSA) is 88.9 Å². The largest absolute Gasteiger partial charge is 0.348 e. The number of pyridine rings is 1. The van der Waals surface area contributed by atoms with Crippen LogP contribution in [0.2, 0.25) is 0 Å². The number of nitrogens with zero attached hydrogens (tertiary/aromatic N) is 3. The molecule has 7 nitrogen and oxygen atoms in total. The number of hydrogen-bond acceptors (Lipinski definition) is 4. The van der Waals surface area contributed by atoms with Crippen LogP contribution in [-0.4, -0.2) is 32.6 Å². The van der Waals surface area contributed by atoms with Crippen LogP contribution in [0.1, 0.15) is 36.2 Å². The first-order chi connectivity index (χ1) is 15.0. The smallest absolute Gasteiger partial charge is 0.270 e. The summed E-state index contributed by atoms with van der Waals surface area (Å²) in [5, 5.41) is 9.89. The molecule has 0 saturated heterocycles. The number of halogens is 2. The van der Waals surface area contributed by atoms with Crippen molar-refractivity contribution in [3.8, 4) is 5.69 Å². The Balaban J connectivity index is 1.28. The van der Waals surface area contributed by atoms with Crippen LogP contribution in [0, 0.1) is 17.6 Å². The molecule has 0 spiro atoms. The van der Waals surface area contributed by atoms with Crippen LogP contribution in [0.5, 0.6) is 0 Å². The third-order valence-electron chi connectivity index (χ3n) is 5.33.